The van der Waals surface area contributed by atoms with Crippen LogP contribution in [0.5, 0.6) is 0 Å². The van der Waals surface area contributed by atoms with Crippen LogP contribution in [0.15, 0.2) is 42.5 Å². The molecule has 0 aromatic heterocycles. The molecule has 0 amide bonds. The van der Waals surface area contributed by atoms with Crippen molar-refractivity contribution in [3.05, 3.63) is 70.0 Å². The van der Waals surface area contributed by atoms with Gasteiger partial charge in [-0.3, -0.25) is 11.3 Å². The maximum atomic E-state index is 13.1. The highest BCUT2D eigenvalue weighted by molar-refractivity contribution is 6.30. The monoisotopic (exact) mass is 278 g/mol. The second kappa shape index (κ2) is 6.15. The molecule has 4 heteroatoms. The molecule has 19 heavy (non-hydrogen) atoms. The predicted molar refractivity (Wildman–Crippen MR) is 76.4 cm³/mol. The minimum absolute atomic E-state index is 0.0539. The van der Waals surface area contributed by atoms with Crippen molar-refractivity contribution in [2.75, 3.05) is 0 Å². The van der Waals surface area contributed by atoms with E-state index in [9.17, 15) is 4.39 Å². The number of benzene rings is 2. The van der Waals surface area contributed by atoms with E-state index in [1.807, 2.05) is 31.2 Å². The first-order chi connectivity index (χ1) is 9.10. The van der Waals surface area contributed by atoms with Gasteiger partial charge in [-0.15, -0.1) is 0 Å². The molecule has 3 N–H and O–H groups in total. The van der Waals surface area contributed by atoms with Gasteiger partial charge in [-0.2, -0.15) is 0 Å². The molecule has 0 aliphatic rings. The van der Waals surface area contributed by atoms with Crippen LogP contribution in [0.4, 0.5) is 4.39 Å². The highest BCUT2D eigenvalue weighted by Gasteiger charge is 2.13. The molecule has 0 saturated heterocycles. The summed E-state index contributed by atoms with van der Waals surface area (Å²) in [6, 6.07) is 12.3. The molecule has 0 saturated carbocycles. The van der Waals surface area contributed by atoms with Crippen molar-refractivity contribution >= 4 is 11.6 Å². The van der Waals surface area contributed by atoms with Crippen LogP contribution in [-0.2, 0) is 6.42 Å². The molecule has 1 unspecified atom stereocenters. The number of nitrogens with two attached hydrogens (primary N) is 1. The Bertz CT molecular complexity index is 555. The molecule has 100 valence electrons. The van der Waals surface area contributed by atoms with Crippen LogP contribution >= 0.6 is 11.6 Å². The summed E-state index contributed by atoms with van der Waals surface area (Å²) >= 11 is 5.86. The van der Waals surface area contributed by atoms with Gasteiger partial charge in [0.15, 0.2) is 0 Å². The Morgan fingerprint density at radius 2 is 1.89 bits per heavy atom. The minimum atomic E-state index is -0.233. The van der Waals surface area contributed by atoms with Gasteiger partial charge < -0.3 is 0 Å². The summed E-state index contributed by atoms with van der Waals surface area (Å²) in [6.07, 6.45) is 0.722. The molecule has 0 aliphatic carbocycles. The Morgan fingerprint density at radius 3 is 2.47 bits per heavy atom. The zero-order valence-electron chi connectivity index (χ0n) is 10.7. The van der Waals surface area contributed by atoms with Crippen molar-refractivity contribution in [3.63, 3.8) is 0 Å². The van der Waals surface area contributed by atoms with E-state index in [1.54, 1.807) is 6.07 Å². The highest BCUT2D eigenvalue weighted by atomic mass is 35.5. The van der Waals surface area contributed by atoms with Gasteiger partial charge in [-0.05, 0) is 54.3 Å². The molecule has 2 aromatic rings. The average Bonchev–Trinajstić information content (AvgIpc) is 2.39. The van der Waals surface area contributed by atoms with E-state index >= 15 is 0 Å². The van der Waals surface area contributed by atoms with Crippen molar-refractivity contribution < 1.29 is 4.39 Å². The molecular weight excluding hydrogens is 263 g/mol. The van der Waals surface area contributed by atoms with Crippen LogP contribution in [0.25, 0.3) is 0 Å². The second-order valence-electron chi connectivity index (χ2n) is 4.55. The Hall–Kier alpha value is -1.42. The van der Waals surface area contributed by atoms with Crippen molar-refractivity contribution in [2.45, 2.75) is 19.4 Å². The summed E-state index contributed by atoms with van der Waals surface area (Å²) in [4.78, 5) is 0. The molecule has 1 atom stereocenters. The first-order valence-corrected chi connectivity index (χ1v) is 6.44. The summed E-state index contributed by atoms with van der Waals surface area (Å²) in [5, 5.41) is 0.707. The van der Waals surface area contributed by atoms with Crippen molar-refractivity contribution in [2.24, 2.45) is 5.84 Å². The van der Waals surface area contributed by atoms with E-state index in [1.165, 1.54) is 12.1 Å². The third kappa shape index (κ3) is 3.53. The van der Waals surface area contributed by atoms with Crippen LogP contribution in [0.3, 0.4) is 0 Å². The molecule has 0 heterocycles. The molecule has 2 rings (SSSR count). The topological polar surface area (TPSA) is 38.0 Å². The lowest BCUT2D eigenvalue weighted by Gasteiger charge is -2.18. The summed E-state index contributed by atoms with van der Waals surface area (Å²) in [7, 11) is 0. The van der Waals surface area contributed by atoms with E-state index in [-0.39, 0.29) is 11.9 Å². The largest absolute Gasteiger partial charge is 0.271 e. The fourth-order valence-corrected chi connectivity index (χ4v) is 2.27. The third-order valence-corrected chi connectivity index (χ3v) is 3.41. The molecule has 0 spiro atoms. The lowest BCUT2D eigenvalue weighted by Crippen LogP contribution is -2.30. The summed E-state index contributed by atoms with van der Waals surface area (Å²) in [5.41, 5.74) is 5.79. The quantitative estimate of drug-likeness (QED) is 0.663. The minimum Gasteiger partial charge on any atom is -0.271 e. The zero-order valence-corrected chi connectivity index (χ0v) is 11.4. The first-order valence-electron chi connectivity index (χ1n) is 6.07. The number of hydrogen-bond acceptors (Lipinski definition) is 2. The van der Waals surface area contributed by atoms with Gasteiger partial charge in [0.2, 0.25) is 0 Å². The Balaban J connectivity index is 2.22. The first kappa shape index (κ1) is 14.0. The molecule has 0 bridgehead atoms. The van der Waals surface area contributed by atoms with Crippen molar-refractivity contribution in [3.8, 4) is 0 Å². The normalized spacial score (nSPS) is 12.4. The van der Waals surface area contributed by atoms with Gasteiger partial charge >= 0.3 is 0 Å². The SMILES string of the molecule is Cc1cc(F)ccc1C(Cc1ccc(Cl)cc1)NN. The van der Waals surface area contributed by atoms with E-state index in [4.69, 9.17) is 17.4 Å². The Morgan fingerprint density at radius 1 is 1.21 bits per heavy atom. The molecule has 0 radical (unpaired) electrons. The van der Waals surface area contributed by atoms with Crippen LogP contribution in [-0.4, -0.2) is 0 Å². The van der Waals surface area contributed by atoms with Gasteiger partial charge in [0.1, 0.15) is 5.82 Å². The molecule has 0 fully saturated rings. The number of aryl methyl sites for hydroxylation is 1. The molecule has 2 aromatic carbocycles. The second-order valence-corrected chi connectivity index (χ2v) is 4.99. The average molecular weight is 279 g/mol. The molecular formula is C15H16ClFN2. The van der Waals surface area contributed by atoms with E-state index < -0.39 is 0 Å². The zero-order chi connectivity index (χ0) is 13.8. The van der Waals surface area contributed by atoms with E-state index in [2.05, 4.69) is 5.43 Å². The van der Waals surface area contributed by atoms with Crippen LogP contribution in [0, 0.1) is 12.7 Å². The van der Waals surface area contributed by atoms with Crippen LogP contribution in [0.2, 0.25) is 5.02 Å². The van der Waals surface area contributed by atoms with E-state index in [0.29, 0.717) is 5.02 Å². The number of halogens is 2. The van der Waals surface area contributed by atoms with E-state index in [0.717, 1.165) is 23.1 Å². The number of hydrazine groups is 1. The van der Waals surface area contributed by atoms with Gasteiger partial charge in [0, 0.05) is 5.02 Å². The fraction of sp³-hybridized carbons (Fsp3) is 0.200. The lowest BCUT2D eigenvalue weighted by atomic mass is 9.96. The number of nitrogens with one attached hydrogen (secondary N) is 1. The van der Waals surface area contributed by atoms with Gasteiger partial charge in [-0.1, -0.05) is 29.8 Å². The fourth-order valence-electron chi connectivity index (χ4n) is 2.14. The smallest absolute Gasteiger partial charge is 0.123 e. The summed E-state index contributed by atoms with van der Waals surface area (Å²) in [5.74, 6) is 5.39. The third-order valence-electron chi connectivity index (χ3n) is 3.16. The van der Waals surface area contributed by atoms with Crippen LogP contribution in [0.1, 0.15) is 22.7 Å². The van der Waals surface area contributed by atoms with Crippen molar-refractivity contribution in [1.29, 1.82) is 0 Å². The molecule has 0 aliphatic heterocycles. The summed E-state index contributed by atoms with van der Waals surface area (Å²) < 4.78 is 13.1. The maximum Gasteiger partial charge on any atom is 0.123 e. The predicted octanol–water partition coefficient (Wildman–Crippen LogP) is 3.53. The number of hydrogen-bond donors (Lipinski definition) is 2. The van der Waals surface area contributed by atoms with Gasteiger partial charge in [0.25, 0.3) is 0 Å². The van der Waals surface area contributed by atoms with Gasteiger partial charge in [-0.25, -0.2) is 4.39 Å². The molecule has 2 nitrogen and oxygen atoms in total. The van der Waals surface area contributed by atoms with Crippen LogP contribution < -0.4 is 11.3 Å². The Labute approximate surface area is 117 Å². The standard InChI is InChI=1S/C15H16ClFN2/c1-10-8-13(17)6-7-14(10)15(19-18)9-11-2-4-12(16)5-3-11/h2-8,15,19H,9,18H2,1H3. The number of rotatable bonds is 4. The lowest BCUT2D eigenvalue weighted by molar-refractivity contribution is 0.546. The summed E-state index contributed by atoms with van der Waals surface area (Å²) in [6.45, 7) is 1.88. The van der Waals surface area contributed by atoms with Gasteiger partial charge in [0.05, 0.1) is 6.04 Å². The Kier molecular flexibility index (Phi) is 4.53. The highest BCUT2D eigenvalue weighted by Crippen LogP contribution is 2.22. The maximum absolute atomic E-state index is 13.1. The van der Waals surface area contributed by atoms with Crippen molar-refractivity contribution in [1.82, 2.24) is 5.43 Å².